The highest BCUT2D eigenvalue weighted by Gasteiger charge is 2.35. The largest absolute Gasteiger partial charge is 0.293 e. The number of anilines is 1. The molecule has 1 fully saturated rings. The van der Waals surface area contributed by atoms with Gasteiger partial charge in [-0.3, -0.25) is 14.6 Å². The van der Waals surface area contributed by atoms with E-state index >= 15 is 0 Å². The standard InChI is InChI=1S/C23H27N3O/c1-16-8-10-25(11-9-16)15-26-21-7-5-4-6-20(21)22(23(26)27)24-19-13-17(2)12-18(3)14-19/h4-7,12-14,16H,8-11,15H2,1-3H3. The van der Waals surface area contributed by atoms with Crippen LogP contribution in [-0.4, -0.2) is 36.3 Å². The van der Waals surface area contributed by atoms with Gasteiger partial charge in [0.25, 0.3) is 5.91 Å². The van der Waals surface area contributed by atoms with Crippen LogP contribution in [0.4, 0.5) is 11.4 Å². The van der Waals surface area contributed by atoms with Gasteiger partial charge in [-0.2, -0.15) is 0 Å². The maximum absolute atomic E-state index is 13.2. The van der Waals surface area contributed by atoms with Crippen molar-refractivity contribution in [3.05, 3.63) is 59.2 Å². The fourth-order valence-corrected chi connectivity index (χ4v) is 4.06. The molecule has 2 aliphatic heterocycles. The van der Waals surface area contributed by atoms with Gasteiger partial charge in [0.2, 0.25) is 0 Å². The number of fused-ring (bicyclic) bond motifs is 1. The number of hydrogen-bond acceptors (Lipinski definition) is 3. The minimum Gasteiger partial charge on any atom is -0.293 e. The zero-order valence-corrected chi connectivity index (χ0v) is 16.4. The van der Waals surface area contributed by atoms with E-state index in [1.165, 1.54) is 12.8 Å². The van der Waals surface area contributed by atoms with Crippen molar-refractivity contribution in [3.63, 3.8) is 0 Å². The Hall–Kier alpha value is -2.46. The van der Waals surface area contributed by atoms with E-state index in [0.717, 1.165) is 47.1 Å². The summed E-state index contributed by atoms with van der Waals surface area (Å²) in [6.07, 6.45) is 2.40. The van der Waals surface area contributed by atoms with Crippen LogP contribution in [0.15, 0.2) is 47.5 Å². The van der Waals surface area contributed by atoms with E-state index in [0.29, 0.717) is 12.4 Å². The summed E-state index contributed by atoms with van der Waals surface area (Å²) in [5, 5.41) is 0. The first-order valence-corrected chi connectivity index (χ1v) is 9.82. The second kappa shape index (κ2) is 7.28. The Kier molecular flexibility index (Phi) is 4.83. The van der Waals surface area contributed by atoms with Gasteiger partial charge in [0.05, 0.1) is 18.0 Å². The second-order valence-corrected chi connectivity index (χ2v) is 8.00. The minimum atomic E-state index is 0.00832. The van der Waals surface area contributed by atoms with Crippen molar-refractivity contribution in [2.24, 2.45) is 10.9 Å². The average Bonchev–Trinajstić information content (AvgIpc) is 2.89. The summed E-state index contributed by atoms with van der Waals surface area (Å²) in [7, 11) is 0. The van der Waals surface area contributed by atoms with Gasteiger partial charge in [-0.15, -0.1) is 0 Å². The highest BCUT2D eigenvalue weighted by atomic mass is 16.2. The van der Waals surface area contributed by atoms with Gasteiger partial charge < -0.3 is 0 Å². The predicted molar refractivity (Wildman–Crippen MR) is 111 cm³/mol. The van der Waals surface area contributed by atoms with Crippen LogP contribution in [-0.2, 0) is 4.79 Å². The van der Waals surface area contributed by atoms with Crippen LogP contribution in [0.1, 0.15) is 36.5 Å². The highest BCUT2D eigenvalue weighted by molar-refractivity contribution is 6.54. The first-order chi connectivity index (χ1) is 13.0. The molecule has 1 amide bonds. The van der Waals surface area contributed by atoms with Gasteiger partial charge >= 0.3 is 0 Å². The molecule has 2 aromatic rings. The lowest BCUT2D eigenvalue weighted by molar-refractivity contribution is -0.112. The normalized spacial score (nSPS) is 19.7. The lowest BCUT2D eigenvalue weighted by Gasteiger charge is -2.33. The number of hydrogen-bond donors (Lipinski definition) is 0. The Balaban J connectivity index is 1.66. The molecule has 4 heteroatoms. The first kappa shape index (κ1) is 17.9. The molecule has 0 aromatic heterocycles. The first-order valence-electron chi connectivity index (χ1n) is 9.82. The fraction of sp³-hybridized carbons (Fsp3) is 0.391. The molecule has 0 spiro atoms. The van der Waals surface area contributed by atoms with Crippen molar-refractivity contribution >= 4 is 23.0 Å². The van der Waals surface area contributed by atoms with Crippen LogP contribution in [0.3, 0.4) is 0 Å². The summed E-state index contributed by atoms with van der Waals surface area (Å²) in [6, 6.07) is 14.2. The molecule has 2 heterocycles. The van der Waals surface area contributed by atoms with Crippen molar-refractivity contribution in [1.29, 1.82) is 0 Å². The number of likely N-dealkylation sites (tertiary alicyclic amines) is 1. The molecular formula is C23H27N3O. The number of piperidine rings is 1. The van der Waals surface area contributed by atoms with E-state index in [1.54, 1.807) is 0 Å². The highest BCUT2D eigenvalue weighted by Crippen LogP contribution is 2.32. The molecule has 4 nitrogen and oxygen atoms in total. The second-order valence-electron chi connectivity index (χ2n) is 8.00. The molecule has 0 atom stereocenters. The molecule has 0 aliphatic carbocycles. The summed E-state index contributed by atoms with van der Waals surface area (Å²) < 4.78 is 0. The number of para-hydroxylation sites is 1. The van der Waals surface area contributed by atoms with Gasteiger partial charge in [0, 0.05) is 18.7 Å². The van der Waals surface area contributed by atoms with Crippen molar-refractivity contribution < 1.29 is 4.79 Å². The van der Waals surface area contributed by atoms with Gasteiger partial charge in [-0.1, -0.05) is 31.2 Å². The third-order valence-electron chi connectivity index (χ3n) is 5.56. The molecule has 2 aliphatic rings. The number of carbonyl (C=O) groups excluding carboxylic acids is 1. The molecule has 27 heavy (non-hydrogen) atoms. The van der Waals surface area contributed by atoms with Crippen molar-refractivity contribution in [2.45, 2.75) is 33.6 Å². The van der Waals surface area contributed by atoms with E-state index in [9.17, 15) is 4.79 Å². The van der Waals surface area contributed by atoms with Gasteiger partial charge in [-0.25, -0.2) is 4.99 Å². The Morgan fingerprint density at radius 3 is 2.41 bits per heavy atom. The third kappa shape index (κ3) is 3.67. The molecule has 0 bridgehead atoms. The number of amides is 1. The van der Waals surface area contributed by atoms with Crippen molar-refractivity contribution in [3.8, 4) is 0 Å². The number of nitrogens with zero attached hydrogens (tertiary/aromatic N) is 3. The van der Waals surface area contributed by atoms with Crippen molar-refractivity contribution in [1.82, 2.24) is 4.90 Å². The SMILES string of the molecule is Cc1cc(C)cc(N=C2C(=O)N(CN3CCC(C)CC3)c3ccccc32)c1. The van der Waals surface area contributed by atoms with E-state index in [4.69, 9.17) is 4.99 Å². The van der Waals surface area contributed by atoms with Gasteiger partial charge in [0.15, 0.2) is 0 Å². The smallest absolute Gasteiger partial charge is 0.278 e. The number of carbonyl (C=O) groups is 1. The molecule has 2 aromatic carbocycles. The third-order valence-corrected chi connectivity index (χ3v) is 5.56. The summed E-state index contributed by atoms with van der Waals surface area (Å²) >= 11 is 0. The Labute approximate surface area is 161 Å². The maximum Gasteiger partial charge on any atom is 0.278 e. The number of aliphatic imine (C=N–C) groups is 1. The van der Waals surface area contributed by atoms with E-state index in [1.807, 2.05) is 41.3 Å². The average molecular weight is 361 g/mol. The minimum absolute atomic E-state index is 0.00832. The van der Waals surface area contributed by atoms with Crippen LogP contribution in [0.25, 0.3) is 0 Å². The summed E-state index contributed by atoms with van der Waals surface area (Å²) in [6.45, 7) is 9.18. The molecule has 0 radical (unpaired) electrons. The Morgan fingerprint density at radius 2 is 1.70 bits per heavy atom. The van der Waals surface area contributed by atoms with Crippen LogP contribution >= 0.6 is 0 Å². The van der Waals surface area contributed by atoms with E-state index in [2.05, 4.69) is 31.7 Å². The number of aryl methyl sites for hydroxylation is 2. The molecule has 0 unspecified atom stereocenters. The molecule has 140 valence electrons. The van der Waals surface area contributed by atoms with Crippen LogP contribution in [0.5, 0.6) is 0 Å². The molecular weight excluding hydrogens is 334 g/mol. The van der Waals surface area contributed by atoms with Gasteiger partial charge in [-0.05, 0) is 61.9 Å². The molecule has 0 N–H and O–H groups in total. The lowest BCUT2D eigenvalue weighted by Crippen LogP contribution is -2.44. The molecule has 0 saturated carbocycles. The zero-order chi connectivity index (χ0) is 19.0. The zero-order valence-electron chi connectivity index (χ0n) is 16.4. The van der Waals surface area contributed by atoms with Crippen LogP contribution in [0, 0.1) is 19.8 Å². The van der Waals surface area contributed by atoms with E-state index in [-0.39, 0.29) is 5.91 Å². The summed E-state index contributed by atoms with van der Waals surface area (Å²) in [4.78, 5) is 22.3. The Bertz CT molecular complexity index is 874. The summed E-state index contributed by atoms with van der Waals surface area (Å²) in [5.41, 5.74) is 5.64. The van der Waals surface area contributed by atoms with Crippen molar-refractivity contribution in [2.75, 3.05) is 24.7 Å². The number of benzene rings is 2. The fourth-order valence-electron chi connectivity index (χ4n) is 4.06. The van der Waals surface area contributed by atoms with Crippen LogP contribution in [0.2, 0.25) is 0 Å². The maximum atomic E-state index is 13.2. The number of rotatable bonds is 3. The lowest BCUT2D eigenvalue weighted by atomic mass is 10.00. The van der Waals surface area contributed by atoms with Gasteiger partial charge in [0.1, 0.15) is 5.71 Å². The topological polar surface area (TPSA) is 35.9 Å². The molecule has 1 saturated heterocycles. The predicted octanol–water partition coefficient (Wildman–Crippen LogP) is 4.46. The quantitative estimate of drug-likeness (QED) is 0.809. The summed E-state index contributed by atoms with van der Waals surface area (Å²) in [5.74, 6) is 0.790. The van der Waals surface area contributed by atoms with Crippen LogP contribution < -0.4 is 4.90 Å². The monoisotopic (exact) mass is 361 g/mol. The van der Waals surface area contributed by atoms with E-state index < -0.39 is 0 Å². The molecule has 4 rings (SSSR count). The Morgan fingerprint density at radius 1 is 1.04 bits per heavy atom.